The van der Waals surface area contributed by atoms with Gasteiger partial charge in [0.25, 0.3) is 0 Å². The number of rotatable bonds is 9. The van der Waals surface area contributed by atoms with Gasteiger partial charge in [0.2, 0.25) is 17.6 Å². The fourth-order valence-electron chi connectivity index (χ4n) is 3.62. The second kappa shape index (κ2) is 10.3. The van der Waals surface area contributed by atoms with Crippen molar-refractivity contribution < 1.29 is 14.1 Å². The molecule has 4 heterocycles. The minimum Gasteiger partial charge on any atom is -0.340 e. The van der Waals surface area contributed by atoms with E-state index in [-0.39, 0.29) is 18.1 Å². The maximum absolute atomic E-state index is 12.5. The molecule has 0 atom stereocenters. The Morgan fingerprint density at radius 3 is 2.68 bits per heavy atom. The quantitative estimate of drug-likeness (QED) is 0.453. The minimum absolute atomic E-state index is 0.0633. The van der Waals surface area contributed by atoms with Gasteiger partial charge in [-0.15, -0.1) is 22.7 Å². The Morgan fingerprint density at radius 2 is 1.97 bits per heavy atom. The number of aryl methyl sites for hydroxylation is 2. The van der Waals surface area contributed by atoms with E-state index in [0.717, 1.165) is 47.1 Å². The third-order valence-corrected chi connectivity index (χ3v) is 7.29. The summed E-state index contributed by atoms with van der Waals surface area (Å²) in [5, 5.41) is 6.05. The number of thiophene rings is 2. The number of Topliss-reactive ketones (excluding diaryl/α,β-unsaturated/α-hetero) is 1. The summed E-state index contributed by atoms with van der Waals surface area (Å²) in [4.78, 5) is 36.3. The van der Waals surface area contributed by atoms with E-state index in [4.69, 9.17) is 4.52 Å². The number of piperazine rings is 1. The van der Waals surface area contributed by atoms with Gasteiger partial charge in [-0.05, 0) is 43.5 Å². The highest BCUT2D eigenvalue weighted by atomic mass is 32.1. The lowest BCUT2D eigenvalue weighted by molar-refractivity contribution is -0.132. The maximum Gasteiger partial charge on any atom is 0.227 e. The third kappa shape index (κ3) is 5.87. The molecule has 0 saturated carbocycles. The van der Waals surface area contributed by atoms with Gasteiger partial charge in [0, 0.05) is 50.3 Å². The molecule has 7 nitrogen and oxygen atoms in total. The number of amides is 1. The van der Waals surface area contributed by atoms with Crippen LogP contribution in [-0.2, 0) is 11.2 Å². The summed E-state index contributed by atoms with van der Waals surface area (Å²) in [6.07, 6.45) is 2.27. The van der Waals surface area contributed by atoms with Crippen LogP contribution < -0.4 is 0 Å². The van der Waals surface area contributed by atoms with Gasteiger partial charge in [0.15, 0.2) is 5.78 Å². The van der Waals surface area contributed by atoms with E-state index in [9.17, 15) is 9.59 Å². The van der Waals surface area contributed by atoms with Gasteiger partial charge in [0.1, 0.15) is 0 Å². The Balaban J connectivity index is 1.13. The molecule has 0 radical (unpaired) electrons. The second-order valence-electron chi connectivity index (χ2n) is 7.65. The maximum atomic E-state index is 12.5. The zero-order valence-corrected chi connectivity index (χ0v) is 19.2. The predicted molar refractivity (Wildman–Crippen MR) is 122 cm³/mol. The van der Waals surface area contributed by atoms with Gasteiger partial charge >= 0.3 is 0 Å². The molecule has 1 aliphatic rings. The fraction of sp³-hybridized carbons (Fsp3) is 0.455. The molecule has 0 aromatic carbocycles. The highest BCUT2D eigenvalue weighted by Gasteiger charge is 2.22. The molecule has 1 saturated heterocycles. The number of nitrogens with zero attached hydrogens (tertiary/aromatic N) is 4. The highest BCUT2D eigenvalue weighted by Crippen LogP contribution is 2.21. The molecule has 0 unspecified atom stereocenters. The number of hydrogen-bond acceptors (Lipinski definition) is 8. The van der Waals surface area contributed by atoms with Crippen LogP contribution in [-0.4, -0.2) is 64.4 Å². The van der Waals surface area contributed by atoms with Crippen molar-refractivity contribution in [1.82, 2.24) is 19.9 Å². The third-order valence-electron chi connectivity index (χ3n) is 5.38. The molecule has 1 fully saturated rings. The van der Waals surface area contributed by atoms with Crippen LogP contribution >= 0.6 is 22.7 Å². The molecule has 31 heavy (non-hydrogen) atoms. The summed E-state index contributed by atoms with van der Waals surface area (Å²) in [6, 6.07) is 7.75. The van der Waals surface area contributed by atoms with Gasteiger partial charge in [-0.25, -0.2) is 0 Å². The summed E-state index contributed by atoms with van der Waals surface area (Å²) in [5.74, 6) is 1.47. The topological polar surface area (TPSA) is 79.5 Å². The van der Waals surface area contributed by atoms with Gasteiger partial charge in [-0.1, -0.05) is 11.2 Å². The van der Waals surface area contributed by atoms with Gasteiger partial charge < -0.3 is 9.42 Å². The van der Waals surface area contributed by atoms with Crippen LogP contribution in [0.15, 0.2) is 34.2 Å². The van der Waals surface area contributed by atoms with E-state index in [1.54, 1.807) is 11.3 Å². The first-order valence-electron chi connectivity index (χ1n) is 10.5. The lowest BCUT2D eigenvalue weighted by Gasteiger charge is -2.34. The minimum atomic E-state index is 0.0633. The Labute approximate surface area is 189 Å². The van der Waals surface area contributed by atoms with Crippen LogP contribution in [0.2, 0.25) is 0 Å². The molecule has 4 rings (SSSR count). The van der Waals surface area contributed by atoms with Crippen LogP contribution in [0.25, 0.3) is 10.7 Å². The van der Waals surface area contributed by atoms with Crippen molar-refractivity contribution in [2.24, 2.45) is 0 Å². The SMILES string of the molecule is Cc1ccc(C(=O)CCC(=O)N2CCN(CCCc3nc(-c4cccs4)no3)CC2)s1. The molecule has 0 spiro atoms. The molecule has 9 heteroatoms. The second-order valence-corrected chi connectivity index (χ2v) is 9.88. The first kappa shape index (κ1) is 21.9. The first-order valence-corrected chi connectivity index (χ1v) is 12.2. The lowest BCUT2D eigenvalue weighted by Crippen LogP contribution is -2.48. The predicted octanol–water partition coefficient (Wildman–Crippen LogP) is 3.91. The number of aromatic nitrogens is 2. The average Bonchev–Trinajstić information content (AvgIpc) is 3.54. The van der Waals surface area contributed by atoms with Crippen molar-refractivity contribution in [1.29, 1.82) is 0 Å². The van der Waals surface area contributed by atoms with E-state index in [1.165, 1.54) is 11.3 Å². The standard InChI is InChI=1S/C22H26N4O3S2/c1-16-6-8-18(31-16)17(27)7-9-21(28)26-13-11-25(12-14-26)10-2-5-20-23-22(24-29-20)19-4-3-15-30-19/h3-4,6,8,15H,2,5,7,9-14H2,1H3. The average molecular weight is 459 g/mol. The van der Waals surface area contributed by atoms with Crippen molar-refractivity contribution in [3.63, 3.8) is 0 Å². The van der Waals surface area contributed by atoms with Gasteiger partial charge in [0.05, 0.1) is 9.75 Å². The van der Waals surface area contributed by atoms with Crippen LogP contribution in [0.1, 0.15) is 39.7 Å². The Bertz CT molecular complexity index is 1000. The Morgan fingerprint density at radius 1 is 1.13 bits per heavy atom. The number of hydrogen-bond donors (Lipinski definition) is 0. The molecule has 3 aromatic heterocycles. The molecular weight excluding hydrogens is 432 g/mol. The highest BCUT2D eigenvalue weighted by molar-refractivity contribution is 7.14. The summed E-state index contributed by atoms with van der Waals surface area (Å²) in [6.45, 7) is 6.07. The molecule has 0 N–H and O–H groups in total. The summed E-state index contributed by atoms with van der Waals surface area (Å²) in [7, 11) is 0. The molecular formula is C22H26N4O3S2. The van der Waals surface area contributed by atoms with Crippen molar-refractivity contribution in [3.8, 4) is 10.7 Å². The van der Waals surface area contributed by atoms with Crippen LogP contribution in [0.5, 0.6) is 0 Å². The molecule has 164 valence electrons. The van der Waals surface area contributed by atoms with E-state index in [0.29, 0.717) is 31.2 Å². The molecule has 1 aliphatic heterocycles. The van der Waals surface area contributed by atoms with Crippen molar-refractivity contribution in [3.05, 3.63) is 45.3 Å². The summed E-state index contributed by atoms with van der Waals surface area (Å²) >= 11 is 3.09. The van der Waals surface area contributed by atoms with Crippen LogP contribution in [0.4, 0.5) is 0 Å². The molecule has 3 aromatic rings. The van der Waals surface area contributed by atoms with Crippen molar-refractivity contribution in [2.75, 3.05) is 32.7 Å². The summed E-state index contributed by atoms with van der Waals surface area (Å²) < 4.78 is 5.35. The smallest absolute Gasteiger partial charge is 0.227 e. The van der Waals surface area contributed by atoms with Crippen LogP contribution in [0.3, 0.4) is 0 Å². The van der Waals surface area contributed by atoms with Crippen molar-refractivity contribution >= 4 is 34.4 Å². The Kier molecular flexibility index (Phi) is 7.26. The zero-order chi connectivity index (χ0) is 21.6. The largest absolute Gasteiger partial charge is 0.340 e. The Hall–Kier alpha value is -2.36. The van der Waals surface area contributed by atoms with Gasteiger partial charge in [-0.3, -0.25) is 14.5 Å². The van der Waals surface area contributed by atoms with E-state index >= 15 is 0 Å². The monoisotopic (exact) mass is 458 g/mol. The zero-order valence-electron chi connectivity index (χ0n) is 17.6. The normalized spacial score (nSPS) is 14.8. The van der Waals surface area contributed by atoms with Gasteiger partial charge in [-0.2, -0.15) is 4.98 Å². The fourth-order valence-corrected chi connectivity index (χ4v) is 5.11. The molecule has 0 bridgehead atoms. The summed E-state index contributed by atoms with van der Waals surface area (Å²) in [5.41, 5.74) is 0. The molecule has 0 aliphatic carbocycles. The number of ketones is 1. The van der Waals surface area contributed by atoms with E-state index in [2.05, 4.69) is 15.0 Å². The van der Waals surface area contributed by atoms with Crippen molar-refractivity contribution in [2.45, 2.75) is 32.6 Å². The van der Waals surface area contributed by atoms with E-state index in [1.807, 2.05) is 41.5 Å². The van der Waals surface area contributed by atoms with Crippen LogP contribution in [0, 0.1) is 6.92 Å². The molecule has 1 amide bonds. The van der Waals surface area contributed by atoms with E-state index < -0.39 is 0 Å². The lowest BCUT2D eigenvalue weighted by atomic mass is 10.1. The number of carbonyl (C=O) groups is 2. The number of carbonyl (C=O) groups excluding carboxylic acids is 2. The first-order chi connectivity index (χ1) is 15.1.